The number of hydrogen-bond donors (Lipinski definition) is 0. The first-order valence-corrected chi connectivity index (χ1v) is 10.6. The van der Waals surface area contributed by atoms with E-state index in [1.54, 1.807) is 6.20 Å². The lowest BCUT2D eigenvalue weighted by Gasteiger charge is -2.32. The van der Waals surface area contributed by atoms with E-state index in [0.717, 1.165) is 26.2 Å². The van der Waals surface area contributed by atoms with Crippen LogP contribution >= 0.6 is 22.6 Å². The Balaban J connectivity index is 1.63. The fourth-order valence-corrected chi connectivity index (χ4v) is 4.43. The summed E-state index contributed by atoms with van der Waals surface area (Å²) in [6.45, 7) is 6.87. The first kappa shape index (κ1) is 18.4. The Hall–Kier alpha value is -2.68. The van der Waals surface area contributed by atoms with Crippen LogP contribution in [0.15, 0.2) is 48.9 Å². The Morgan fingerprint density at radius 2 is 1.93 bits per heavy atom. The van der Waals surface area contributed by atoms with Gasteiger partial charge in [0.1, 0.15) is 15.0 Å². The Kier molecular flexibility index (Phi) is 4.23. The van der Waals surface area contributed by atoms with Gasteiger partial charge in [0.05, 0.1) is 18.4 Å². The summed E-state index contributed by atoms with van der Waals surface area (Å²) in [5.74, 6) is -0.0146. The minimum atomic E-state index is -0.0146. The normalized spacial score (nSPS) is 16.5. The lowest BCUT2D eigenvalue weighted by molar-refractivity contribution is 0.0954. The second-order valence-electron chi connectivity index (χ2n) is 7.61. The number of aryl methyl sites for hydroxylation is 2. The molecule has 0 saturated carbocycles. The molecule has 0 spiro atoms. The van der Waals surface area contributed by atoms with Crippen molar-refractivity contribution in [1.29, 1.82) is 0 Å². The maximum Gasteiger partial charge on any atom is 0.277 e. The molecule has 0 fully saturated rings. The van der Waals surface area contributed by atoms with Crippen LogP contribution in [0.3, 0.4) is 0 Å². The highest BCUT2D eigenvalue weighted by atomic mass is 127. The van der Waals surface area contributed by atoms with Crippen molar-refractivity contribution < 1.29 is 4.79 Å². The number of pyridine rings is 1. The van der Waals surface area contributed by atoms with Crippen molar-refractivity contribution in [2.24, 2.45) is 0 Å². The van der Waals surface area contributed by atoms with Crippen LogP contribution in [-0.2, 0) is 0 Å². The zero-order chi connectivity index (χ0) is 20.3. The van der Waals surface area contributed by atoms with Crippen molar-refractivity contribution in [3.63, 3.8) is 0 Å². The van der Waals surface area contributed by atoms with Crippen LogP contribution in [0.5, 0.6) is 0 Å². The average molecular weight is 497 g/mol. The molecule has 0 aliphatic carbocycles. The topological polar surface area (TPSA) is 55.4 Å². The molecule has 0 radical (unpaired) electrons. The van der Waals surface area contributed by atoms with Crippen LogP contribution in [0.2, 0.25) is 0 Å². The molecule has 1 aromatic carbocycles. The highest BCUT2D eigenvalue weighted by Gasteiger charge is 2.33. The van der Waals surface area contributed by atoms with Gasteiger partial charge in [0.2, 0.25) is 0 Å². The van der Waals surface area contributed by atoms with Gasteiger partial charge in [-0.25, -0.2) is 4.98 Å². The molecule has 1 atom stereocenters. The van der Waals surface area contributed by atoms with E-state index in [4.69, 9.17) is 0 Å². The van der Waals surface area contributed by atoms with Crippen molar-refractivity contribution in [3.8, 4) is 11.1 Å². The molecule has 29 heavy (non-hydrogen) atoms. The van der Waals surface area contributed by atoms with Gasteiger partial charge in [-0.1, -0.05) is 6.07 Å². The Morgan fingerprint density at radius 3 is 2.72 bits per heavy atom. The Labute approximate surface area is 182 Å². The van der Waals surface area contributed by atoms with Crippen molar-refractivity contribution >= 4 is 39.8 Å². The number of carbonyl (C=O) groups is 1. The summed E-state index contributed by atoms with van der Waals surface area (Å²) >= 11 is 2.26. The third-order valence-electron chi connectivity index (χ3n) is 5.68. The van der Waals surface area contributed by atoms with E-state index >= 15 is 0 Å². The van der Waals surface area contributed by atoms with Crippen LogP contribution < -0.4 is 4.90 Å². The number of imidazole rings is 1. The number of amides is 1. The third-order valence-corrected chi connectivity index (χ3v) is 6.48. The van der Waals surface area contributed by atoms with Crippen LogP contribution in [0.4, 0.5) is 5.69 Å². The molecule has 7 heteroatoms. The summed E-state index contributed by atoms with van der Waals surface area (Å²) in [7, 11) is 0. The molecule has 1 aliphatic heterocycles. The molecule has 6 nitrogen and oxygen atoms in total. The monoisotopic (exact) mass is 497 g/mol. The lowest BCUT2D eigenvalue weighted by atomic mass is 10.0. The molecule has 3 aromatic heterocycles. The minimum Gasteiger partial charge on any atom is -0.305 e. The van der Waals surface area contributed by atoms with Gasteiger partial charge in [0, 0.05) is 29.6 Å². The summed E-state index contributed by atoms with van der Waals surface area (Å²) in [6, 6.07) is 10.3. The van der Waals surface area contributed by atoms with Gasteiger partial charge in [-0.05, 0) is 78.8 Å². The van der Waals surface area contributed by atoms with Gasteiger partial charge in [-0.3, -0.25) is 13.9 Å². The predicted molar refractivity (Wildman–Crippen MR) is 121 cm³/mol. The van der Waals surface area contributed by atoms with E-state index in [0.29, 0.717) is 12.2 Å². The highest BCUT2D eigenvalue weighted by Crippen LogP contribution is 2.33. The third kappa shape index (κ3) is 2.87. The van der Waals surface area contributed by atoms with Crippen molar-refractivity contribution in [3.05, 3.63) is 69.4 Å². The second kappa shape index (κ2) is 6.69. The van der Waals surface area contributed by atoms with Crippen LogP contribution in [-0.4, -0.2) is 31.6 Å². The number of anilines is 1. The number of fused-ring (bicyclic) bond motifs is 2. The quantitative estimate of drug-likeness (QED) is 0.380. The second-order valence-corrected chi connectivity index (χ2v) is 8.72. The fraction of sp³-hybridized carbons (Fsp3) is 0.227. The molecule has 0 unspecified atom stereocenters. The van der Waals surface area contributed by atoms with Crippen LogP contribution in [0.1, 0.15) is 34.6 Å². The van der Waals surface area contributed by atoms with E-state index in [2.05, 4.69) is 65.6 Å². The molecular weight excluding hydrogens is 477 g/mol. The summed E-state index contributed by atoms with van der Waals surface area (Å²) in [6.07, 6.45) is 5.66. The molecule has 4 heterocycles. The predicted octanol–water partition coefficient (Wildman–Crippen LogP) is 4.64. The highest BCUT2D eigenvalue weighted by molar-refractivity contribution is 14.1. The number of aromatic nitrogens is 4. The zero-order valence-corrected chi connectivity index (χ0v) is 18.6. The van der Waals surface area contributed by atoms with Gasteiger partial charge in [-0.15, -0.1) is 0 Å². The maximum atomic E-state index is 13.5. The van der Waals surface area contributed by atoms with Gasteiger partial charge >= 0.3 is 0 Å². The number of rotatable bonds is 2. The van der Waals surface area contributed by atoms with E-state index in [1.807, 2.05) is 44.6 Å². The standard InChI is InChI=1S/C22H20IN5O/c1-13-4-6-17(8-14(13)2)26-11-15(3)28-21(22(26)29)18(9-25-28)16-5-7-20-24-10-19(23)27(20)12-16/h4-10,12,15H,11H2,1-3H3/t15-/m0/s1. The molecule has 1 aliphatic rings. The zero-order valence-electron chi connectivity index (χ0n) is 16.4. The SMILES string of the molecule is Cc1ccc(N2C[C@H](C)n3ncc(-c4ccc5ncc(I)n5c4)c3C2=O)cc1C. The number of halogens is 1. The first-order chi connectivity index (χ1) is 13.9. The first-order valence-electron chi connectivity index (χ1n) is 9.53. The smallest absolute Gasteiger partial charge is 0.277 e. The van der Waals surface area contributed by atoms with E-state index in [9.17, 15) is 4.79 Å². The molecular formula is C22H20IN5O. The fourth-order valence-electron chi connectivity index (χ4n) is 3.90. The molecule has 146 valence electrons. The van der Waals surface area contributed by atoms with Crippen molar-refractivity contribution in [2.45, 2.75) is 26.8 Å². The number of nitrogens with zero attached hydrogens (tertiary/aromatic N) is 5. The van der Waals surface area contributed by atoms with Crippen molar-refractivity contribution in [1.82, 2.24) is 19.2 Å². The van der Waals surface area contributed by atoms with Crippen LogP contribution in [0.25, 0.3) is 16.8 Å². The minimum absolute atomic E-state index is 0.0146. The average Bonchev–Trinajstić information content (AvgIpc) is 3.31. The molecule has 0 bridgehead atoms. The summed E-state index contributed by atoms with van der Waals surface area (Å²) < 4.78 is 4.91. The van der Waals surface area contributed by atoms with Gasteiger partial charge in [-0.2, -0.15) is 5.10 Å². The molecule has 0 N–H and O–H groups in total. The van der Waals surface area contributed by atoms with Gasteiger partial charge < -0.3 is 4.90 Å². The Morgan fingerprint density at radius 1 is 1.10 bits per heavy atom. The van der Waals surface area contributed by atoms with E-state index in [1.165, 1.54) is 11.1 Å². The van der Waals surface area contributed by atoms with Crippen molar-refractivity contribution in [2.75, 3.05) is 11.4 Å². The summed E-state index contributed by atoms with van der Waals surface area (Å²) in [5.41, 5.74) is 6.66. The molecule has 1 amide bonds. The summed E-state index contributed by atoms with van der Waals surface area (Å²) in [4.78, 5) is 19.8. The van der Waals surface area contributed by atoms with E-state index < -0.39 is 0 Å². The molecule has 5 rings (SSSR count). The van der Waals surface area contributed by atoms with Gasteiger partial charge in [0.15, 0.2) is 0 Å². The lowest BCUT2D eigenvalue weighted by Crippen LogP contribution is -2.42. The number of benzene rings is 1. The molecule has 0 saturated heterocycles. The maximum absolute atomic E-state index is 13.5. The number of carbonyl (C=O) groups excluding carboxylic acids is 1. The van der Waals surface area contributed by atoms with E-state index in [-0.39, 0.29) is 11.9 Å². The summed E-state index contributed by atoms with van der Waals surface area (Å²) in [5, 5.41) is 4.56. The largest absolute Gasteiger partial charge is 0.305 e. The van der Waals surface area contributed by atoms with Gasteiger partial charge in [0.25, 0.3) is 5.91 Å². The van der Waals surface area contributed by atoms with Crippen LogP contribution in [0, 0.1) is 17.5 Å². The Bertz CT molecular complexity index is 1270. The molecule has 4 aromatic rings. The number of hydrogen-bond acceptors (Lipinski definition) is 3.